The lowest BCUT2D eigenvalue weighted by atomic mass is 10.1. The summed E-state index contributed by atoms with van der Waals surface area (Å²) in [6, 6.07) is -0.382. The van der Waals surface area contributed by atoms with Crippen LogP contribution in [0.15, 0.2) is 0 Å². The maximum absolute atomic E-state index is 11.9. The van der Waals surface area contributed by atoms with Crippen molar-refractivity contribution in [3.8, 4) is 0 Å². The monoisotopic (exact) mass is 239 g/mol. The first-order chi connectivity index (χ1) is 6.90. The van der Waals surface area contributed by atoms with E-state index in [0.29, 0.717) is 12.1 Å². The van der Waals surface area contributed by atoms with Crippen molar-refractivity contribution in [2.75, 3.05) is 0 Å². The molecule has 1 heterocycles. The van der Waals surface area contributed by atoms with E-state index >= 15 is 0 Å². The van der Waals surface area contributed by atoms with Crippen LogP contribution < -0.4 is 5.73 Å². The van der Waals surface area contributed by atoms with Crippen LogP contribution in [-0.4, -0.2) is 15.8 Å². The minimum Gasteiger partial charge on any atom is -0.323 e. The fraction of sp³-hybridized carbons (Fsp3) is 0.750. The van der Waals surface area contributed by atoms with Gasteiger partial charge in [-0.25, -0.2) is 0 Å². The number of aromatic nitrogens is 2. The van der Waals surface area contributed by atoms with Crippen LogP contribution in [0.3, 0.4) is 0 Å². The van der Waals surface area contributed by atoms with E-state index in [2.05, 4.69) is 9.59 Å². The summed E-state index contributed by atoms with van der Waals surface area (Å²) in [6.45, 7) is 1.75. The first kappa shape index (κ1) is 12.4. The molecule has 86 valence electrons. The molecule has 2 N–H and O–H groups in total. The molecule has 1 aromatic heterocycles. The number of rotatable bonds is 4. The summed E-state index contributed by atoms with van der Waals surface area (Å²) in [5.41, 5.74) is 6.44. The molecule has 0 bridgehead atoms. The summed E-state index contributed by atoms with van der Waals surface area (Å²) in [6.07, 6.45) is -4.53. The van der Waals surface area contributed by atoms with Crippen molar-refractivity contribution in [3.05, 3.63) is 10.6 Å². The van der Waals surface area contributed by atoms with Crippen LogP contribution >= 0.6 is 11.5 Å². The fourth-order valence-corrected chi connectivity index (χ4v) is 1.91. The van der Waals surface area contributed by atoms with Gasteiger partial charge in [-0.3, -0.25) is 0 Å². The number of hydrogen-bond donors (Lipinski definition) is 1. The molecule has 15 heavy (non-hydrogen) atoms. The van der Waals surface area contributed by atoms with Gasteiger partial charge in [0.15, 0.2) is 0 Å². The van der Waals surface area contributed by atoms with Gasteiger partial charge in [-0.2, -0.15) is 13.2 Å². The van der Waals surface area contributed by atoms with Gasteiger partial charge >= 0.3 is 6.18 Å². The molecule has 0 aliphatic heterocycles. The van der Waals surface area contributed by atoms with Crippen molar-refractivity contribution in [2.45, 2.75) is 38.4 Å². The van der Waals surface area contributed by atoms with E-state index < -0.39 is 12.6 Å². The Balaban J connectivity index is 2.37. The third kappa shape index (κ3) is 4.13. The first-order valence-electron chi connectivity index (χ1n) is 4.51. The molecule has 0 saturated heterocycles. The Morgan fingerprint density at radius 2 is 2.13 bits per heavy atom. The van der Waals surface area contributed by atoms with E-state index in [1.807, 2.05) is 0 Å². The van der Waals surface area contributed by atoms with Gasteiger partial charge in [-0.1, -0.05) is 4.49 Å². The number of alkyl halides is 3. The molecule has 0 fully saturated rings. The maximum atomic E-state index is 11.9. The lowest BCUT2D eigenvalue weighted by Gasteiger charge is -2.10. The van der Waals surface area contributed by atoms with E-state index in [0.717, 1.165) is 16.4 Å². The summed E-state index contributed by atoms with van der Waals surface area (Å²) in [7, 11) is 0. The van der Waals surface area contributed by atoms with Crippen molar-refractivity contribution in [3.63, 3.8) is 0 Å². The third-order valence-electron chi connectivity index (χ3n) is 2.00. The third-order valence-corrected chi connectivity index (χ3v) is 2.96. The van der Waals surface area contributed by atoms with Gasteiger partial charge in [0.25, 0.3) is 0 Å². The van der Waals surface area contributed by atoms with E-state index in [9.17, 15) is 13.2 Å². The molecule has 0 aromatic carbocycles. The van der Waals surface area contributed by atoms with Gasteiger partial charge in [0.1, 0.15) is 0 Å². The molecule has 0 saturated carbocycles. The molecule has 0 spiro atoms. The Morgan fingerprint density at radius 3 is 2.60 bits per heavy atom. The number of hydrogen-bond acceptors (Lipinski definition) is 4. The molecule has 3 nitrogen and oxygen atoms in total. The highest BCUT2D eigenvalue weighted by molar-refractivity contribution is 7.05. The van der Waals surface area contributed by atoms with Crippen molar-refractivity contribution in [1.29, 1.82) is 0 Å². The second-order valence-electron chi connectivity index (χ2n) is 3.34. The molecule has 1 rings (SSSR count). The largest absolute Gasteiger partial charge is 0.389 e. The van der Waals surface area contributed by atoms with Gasteiger partial charge in [-0.15, -0.1) is 5.10 Å². The topological polar surface area (TPSA) is 51.8 Å². The molecular weight excluding hydrogens is 227 g/mol. The molecule has 0 radical (unpaired) electrons. The smallest absolute Gasteiger partial charge is 0.323 e. The van der Waals surface area contributed by atoms with Crippen LogP contribution in [0.4, 0.5) is 13.2 Å². The van der Waals surface area contributed by atoms with Gasteiger partial charge in [0, 0.05) is 12.5 Å². The zero-order chi connectivity index (χ0) is 11.5. The molecular formula is C8H12F3N3S. The molecule has 7 heteroatoms. The SMILES string of the molecule is Cc1nnsc1C(N)CCCC(F)(F)F. The van der Waals surface area contributed by atoms with Gasteiger partial charge < -0.3 is 5.73 Å². The Hall–Kier alpha value is -0.690. The van der Waals surface area contributed by atoms with Crippen LogP contribution in [0.1, 0.15) is 35.9 Å². The lowest BCUT2D eigenvalue weighted by molar-refractivity contribution is -0.135. The highest BCUT2D eigenvalue weighted by Crippen LogP contribution is 2.27. The summed E-state index contributed by atoms with van der Waals surface area (Å²) in [5, 5.41) is 3.76. The Labute approximate surface area is 89.6 Å². The fourth-order valence-electron chi connectivity index (χ4n) is 1.23. The Bertz CT molecular complexity index is 310. The average molecular weight is 239 g/mol. The van der Waals surface area contributed by atoms with Crippen LogP contribution in [0, 0.1) is 6.92 Å². The normalized spacial score (nSPS) is 14.2. The lowest BCUT2D eigenvalue weighted by Crippen LogP contribution is -2.12. The molecule has 1 unspecified atom stereocenters. The number of halogens is 3. The summed E-state index contributed by atoms with van der Waals surface area (Å²) < 4.78 is 39.3. The number of nitrogens with two attached hydrogens (primary N) is 1. The number of aryl methyl sites for hydroxylation is 1. The van der Waals surface area contributed by atoms with Crippen LogP contribution in [-0.2, 0) is 0 Å². The Kier molecular flexibility index (Phi) is 4.04. The average Bonchev–Trinajstić information content (AvgIpc) is 2.48. The maximum Gasteiger partial charge on any atom is 0.389 e. The zero-order valence-corrected chi connectivity index (χ0v) is 9.03. The Morgan fingerprint density at radius 1 is 1.47 bits per heavy atom. The molecule has 0 amide bonds. The minimum absolute atomic E-state index is 0.0437. The van der Waals surface area contributed by atoms with Gasteiger partial charge in [-0.05, 0) is 31.3 Å². The molecule has 0 aliphatic carbocycles. The predicted octanol–water partition coefficient (Wildman–Crippen LogP) is 2.58. The second kappa shape index (κ2) is 4.89. The second-order valence-corrected chi connectivity index (χ2v) is 4.12. The molecule has 1 aromatic rings. The van der Waals surface area contributed by atoms with Gasteiger partial charge in [0.05, 0.1) is 10.6 Å². The van der Waals surface area contributed by atoms with Crippen molar-refractivity contribution in [1.82, 2.24) is 9.59 Å². The summed E-state index contributed by atoms with van der Waals surface area (Å²) >= 11 is 1.15. The molecule has 1 atom stereocenters. The predicted molar refractivity (Wildman–Crippen MR) is 51.5 cm³/mol. The first-order valence-corrected chi connectivity index (χ1v) is 5.28. The standard InChI is InChI=1S/C8H12F3N3S/c1-5-7(15-14-13-5)6(12)3-2-4-8(9,10)11/h6H,2-4,12H2,1H3. The highest BCUT2D eigenvalue weighted by Gasteiger charge is 2.26. The van der Waals surface area contributed by atoms with Gasteiger partial charge in [0.2, 0.25) is 0 Å². The summed E-state index contributed by atoms with van der Waals surface area (Å²) in [4.78, 5) is 0.775. The van der Waals surface area contributed by atoms with E-state index in [1.165, 1.54) is 0 Å². The summed E-state index contributed by atoms with van der Waals surface area (Å²) in [5.74, 6) is 0. The minimum atomic E-state index is -4.10. The quantitative estimate of drug-likeness (QED) is 0.878. The van der Waals surface area contributed by atoms with E-state index in [-0.39, 0.29) is 12.5 Å². The van der Waals surface area contributed by atoms with Crippen LogP contribution in [0.5, 0.6) is 0 Å². The van der Waals surface area contributed by atoms with E-state index in [4.69, 9.17) is 5.73 Å². The van der Waals surface area contributed by atoms with Crippen molar-refractivity contribution in [2.24, 2.45) is 5.73 Å². The van der Waals surface area contributed by atoms with Crippen LogP contribution in [0.25, 0.3) is 0 Å². The highest BCUT2D eigenvalue weighted by atomic mass is 32.1. The van der Waals surface area contributed by atoms with Crippen molar-refractivity contribution < 1.29 is 13.2 Å². The number of nitrogens with zero attached hydrogens (tertiary/aromatic N) is 2. The zero-order valence-electron chi connectivity index (χ0n) is 8.21. The van der Waals surface area contributed by atoms with Crippen LogP contribution in [0.2, 0.25) is 0 Å². The molecule has 0 aliphatic rings. The van der Waals surface area contributed by atoms with E-state index in [1.54, 1.807) is 6.92 Å². The van der Waals surface area contributed by atoms with Crippen molar-refractivity contribution >= 4 is 11.5 Å².